The number of ether oxygens (including phenoxy) is 2. The molecule has 10 heteroatoms. The minimum absolute atomic E-state index is 0.125. The first kappa shape index (κ1) is 26.5. The van der Waals surface area contributed by atoms with Gasteiger partial charge >= 0.3 is 6.09 Å². The molecule has 0 bridgehead atoms. The van der Waals surface area contributed by atoms with E-state index in [-0.39, 0.29) is 25.3 Å². The predicted molar refractivity (Wildman–Crippen MR) is 120 cm³/mol. The molecule has 2 amide bonds. The smallest absolute Gasteiger partial charge is 0.412 e. The van der Waals surface area contributed by atoms with Crippen LogP contribution in [-0.2, 0) is 9.53 Å². The number of rotatable bonds is 10. The molecule has 0 radical (unpaired) electrons. The van der Waals surface area contributed by atoms with Crippen LogP contribution in [0, 0.1) is 11.6 Å². The topological polar surface area (TPSA) is 117 Å². The van der Waals surface area contributed by atoms with Crippen molar-refractivity contribution in [3.8, 4) is 5.75 Å². The van der Waals surface area contributed by atoms with E-state index in [0.29, 0.717) is 23.0 Å². The number of amides is 2. The maximum atomic E-state index is 13.9. The van der Waals surface area contributed by atoms with E-state index in [9.17, 15) is 18.4 Å². The van der Waals surface area contributed by atoms with Crippen LogP contribution in [0.5, 0.6) is 5.75 Å². The summed E-state index contributed by atoms with van der Waals surface area (Å²) in [7, 11) is 0. The Hall–Kier alpha value is -3.76. The summed E-state index contributed by atoms with van der Waals surface area (Å²) < 4.78 is 37.9. The lowest BCUT2D eigenvalue weighted by atomic mass is 10.0. The van der Waals surface area contributed by atoms with Crippen molar-refractivity contribution in [2.75, 3.05) is 18.5 Å². The second-order valence-electron chi connectivity index (χ2n) is 7.34. The molecule has 2 rings (SSSR count). The highest BCUT2D eigenvalue weighted by Gasteiger charge is 2.19. The van der Waals surface area contributed by atoms with Crippen LogP contribution < -0.4 is 15.5 Å². The molecule has 0 saturated heterocycles. The molecule has 2 aromatic rings. The Bertz CT molecular complexity index is 1050. The number of nitrogens with one attached hydrogen (secondary N) is 2. The number of aliphatic hydroxyl groups is 1. The lowest BCUT2D eigenvalue weighted by molar-refractivity contribution is -0.124. The Kier molecular flexibility index (Phi) is 10.2. The summed E-state index contributed by atoms with van der Waals surface area (Å²) in [6.07, 6.45) is 1.35. The molecule has 2 aromatic carbocycles. The van der Waals surface area contributed by atoms with Crippen molar-refractivity contribution in [3.05, 3.63) is 83.0 Å². The minimum Gasteiger partial charge on any atom is -0.491 e. The van der Waals surface area contributed by atoms with Crippen molar-refractivity contribution in [2.45, 2.75) is 26.4 Å². The van der Waals surface area contributed by atoms with Gasteiger partial charge in [0.05, 0.1) is 12.3 Å². The van der Waals surface area contributed by atoms with Crippen LogP contribution in [0.2, 0.25) is 0 Å². The van der Waals surface area contributed by atoms with Crippen molar-refractivity contribution >= 4 is 17.7 Å². The zero-order valence-electron chi connectivity index (χ0n) is 18.7. The van der Waals surface area contributed by atoms with Crippen LogP contribution in [0.15, 0.2) is 65.8 Å². The molecule has 0 fully saturated rings. The molecular formula is C24H26F2N2O6. The highest BCUT2D eigenvalue weighted by atomic mass is 19.1. The van der Waals surface area contributed by atoms with Gasteiger partial charge in [-0.05, 0) is 49.2 Å². The molecule has 0 aliphatic heterocycles. The van der Waals surface area contributed by atoms with Crippen LogP contribution in [-0.4, -0.2) is 35.5 Å². The van der Waals surface area contributed by atoms with Crippen molar-refractivity contribution in [2.24, 2.45) is 0 Å². The molecule has 0 heterocycles. The molecule has 0 aromatic heterocycles. The van der Waals surface area contributed by atoms with Gasteiger partial charge in [0, 0.05) is 18.6 Å². The van der Waals surface area contributed by atoms with E-state index in [2.05, 4.69) is 5.32 Å². The average molecular weight is 476 g/mol. The monoisotopic (exact) mass is 476 g/mol. The summed E-state index contributed by atoms with van der Waals surface area (Å²) in [6, 6.07) is 9.38. The number of anilines is 1. The second kappa shape index (κ2) is 13.1. The van der Waals surface area contributed by atoms with E-state index >= 15 is 0 Å². The summed E-state index contributed by atoms with van der Waals surface area (Å²) >= 11 is 0. The fourth-order valence-electron chi connectivity index (χ4n) is 3.05. The van der Waals surface area contributed by atoms with Crippen LogP contribution >= 0.6 is 0 Å². The number of aliphatic hydroxyl groups excluding tert-OH is 1. The molecule has 0 spiro atoms. The van der Waals surface area contributed by atoms with E-state index < -0.39 is 29.7 Å². The van der Waals surface area contributed by atoms with Gasteiger partial charge in [-0.1, -0.05) is 23.8 Å². The molecule has 0 saturated carbocycles. The van der Waals surface area contributed by atoms with Crippen molar-refractivity contribution < 1.29 is 38.2 Å². The maximum absolute atomic E-state index is 13.9. The zero-order valence-corrected chi connectivity index (χ0v) is 18.7. The normalized spacial score (nSPS) is 12.6. The Balaban J connectivity index is 2.23. The predicted octanol–water partition coefficient (Wildman–Crippen LogP) is 4.41. The van der Waals surface area contributed by atoms with E-state index in [1.807, 2.05) is 0 Å². The van der Waals surface area contributed by atoms with Gasteiger partial charge < -0.3 is 14.6 Å². The van der Waals surface area contributed by atoms with E-state index in [4.69, 9.17) is 19.8 Å². The molecule has 0 unspecified atom stereocenters. The average Bonchev–Trinajstić information content (AvgIpc) is 2.79. The Labute approximate surface area is 195 Å². The molecular weight excluding hydrogens is 450 g/mol. The van der Waals surface area contributed by atoms with Crippen LogP contribution in [0.25, 0.3) is 0 Å². The Morgan fingerprint density at radius 3 is 2.41 bits per heavy atom. The van der Waals surface area contributed by atoms with Gasteiger partial charge in [0.1, 0.15) is 30.1 Å². The maximum Gasteiger partial charge on any atom is 0.412 e. The number of halogens is 2. The number of hydroxylamine groups is 1. The van der Waals surface area contributed by atoms with E-state index in [1.54, 1.807) is 44.2 Å². The zero-order chi connectivity index (χ0) is 25.1. The number of hydrogen-bond acceptors (Lipinski definition) is 6. The van der Waals surface area contributed by atoms with E-state index in [1.165, 1.54) is 11.6 Å². The van der Waals surface area contributed by atoms with E-state index in [0.717, 1.165) is 17.7 Å². The quantitative estimate of drug-likeness (QED) is 0.175. The first-order valence-electron chi connectivity index (χ1n) is 10.3. The number of allylic oxidation sites excluding steroid dienone is 2. The first-order valence-corrected chi connectivity index (χ1v) is 10.3. The van der Waals surface area contributed by atoms with Crippen molar-refractivity contribution in [1.29, 1.82) is 0 Å². The molecule has 8 nitrogen and oxygen atoms in total. The fourth-order valence-corrected chi connectivity index (χ4v) is 3.05. The van der Waals surface area contributed by atoms with Crippen LogP contribution in [0.4, 0.5) is 19.3 Å². The van der Waals surface area contributed by atoms with Crippen molar-refractivity contribution in [3.63, 3.8) is 0 Å². The van der Waals surface area contributed by atoms with Gasteiger partial charge in [-0.3, -0.25) is 15.3 Å². The van der Waals surface area contributed by atoms with Gasteiger partial charge in [0.2, 0.25) is 0 Å². The van der Waals surface area contributed by atoms with Gasteiger partial charge in [0.25, 0.3) is 5.91 Å². The Morgan fingerprint density at radius 2 is 1.79 bits per heavy atom. The van der Waals surface area contributed by atoms with Crippen molar-refractivity contribution in [1.82, 2.24) is 5.48 Å². The molecule has 0 aliphatic carbocycles. The lowest BCUT2D eigenvalue weighted by Gasteiger charge is -2.20. The molecule has 0 aliphatic rings. The third-order valence-corrected chi connectivity index (χ3v) is 4.48. The van der Waals surface area contributed by atoms with Gasteiger partial charge in [-0.15, -0.1) is 0 Å². The number of carbonyl (C=O) groups is 2. The number of benzene rings is 2. The number of hydrogen-bond donors (Lipinski definition) is 4. The van der Waals surface area contributed by atoms with Gasteiger partial charge in [0.15, 0.2) is 0 Å². The fraction of sp³-hybridized carbons (Fsp3) is 0.250. The third kappa shape index (κ3) is 8.64. The SMILES string of the molecule is CC(=C\C(=O)NO)/C=C(\C)C[C@H](OC(=O)Nc1ccc(F)cc1F)c1ccc(OCCO)cc1. The first-order chi connectivity index (χ1) is 16.2. The number of carbonyl (C=O) groups excluding carboxylic acids is 2. The summed E-state index contributed by atoms with van der Waals surface area (Å²) in [5, 5.41) is 19.8. The van der Waals surface area contributed by atoms with Crippen LogP contribution in [0.3, 0.4) is 0 Å². The summed E-state index contributed by atoms with van der Waals surface area (Å²) in [6.45, 7) is 3.41. The standard InChI is InChI=1S/C24H26F2N2O6/c1-15(11-16(2)13-23(30)28-32)12-22(17-3-6-19(7-4-17)33-10-9-29)34-24(31)27-21-8-5-18(25)14-20(21)26/h3-8,11,13-14,22,29,32H,9-10,12H2,1-2H3,(H,27,31)(H,28,30)/b15-11+,16-13+/t22-/m0/s1. The largest absolute Gasteiger partial charge is 0.491 e. The Morgan fingerprint density at radius 1 is 1.09 bits per heavy atom. The lowest BCUT2D eigenvalue weighted by Crippen LogP contribution is -2.18. The van der Waals surface area contributed by atoms with Gasteiger partial charge in [-0.25, -0.2) is 19.1 Å². The molecule has 34 heavy (non-hydrogen) atoms. The highest BCUT2D eigenvalue weighted by molar-refractivity contribution is 5.87. The minimum atomic E-state index is -0.948. The second-order valence-corrected chi connectivity index (χ2v) is 7.34. The van der Waals surface area contributed by atoms with Gasteiger partial charge in [-0.2, -0.15) is 0 Å². The highest BCUT2D eigenvalue weighted by Crippen LogP contribution is 2.28. The molecule has 182 valence electrons. The third-order valence-electron chi connectivity index (χ3n) is 4.48. The summed E-state index contributed by atoms with van der Waals surface area (Å²) in [5.74, 6) is -1.90. The summed E-state index contributed by atoms with van der Waals surface area (Å²) in [4.78, 5) is 23.8. The molecule has 4 N–H and O–H groups in total. The van der Waals surface area contributed by atoms with Crippen LogP contribution in [0.1, 0.15) is 31.9 Å². The summed E-state index contributed by atoms with van der Waals surface area (Å²) in [5.41, 5.74) is 3.17. The molecule has 1 atom stereocenters.